The Morgan fingerprint density at radius 2 is 1.88 bits per heavy atom. The topological polar surface area (TPSA) is 50.9 Å². The van der Waals surface area contributed by atoms with Gasteiger partial charge < -0.3 is 11.1 Å². The van der Waals surface area contributed by atoms with Crippen LogP contribution in [0.15, 0.2) is 18.5 Å². The van der Waals surface area contributed by atoms with E-state index in [2.05, 4.69) is 17.2 Å². The average Bonchev–Trinajstić information content (AvgIpc) is 2.28. The quantitative estimate of drug-likeness (QED) is 0.661. The first kappa shape index (κ1) is 12.8. The zero-order chi connectivity index (χ0) is 11.6. The summed E-state index contributed by atoms with van der Waals surface area (Å²) < 4.78 is 0. The van der Waals surface area contributed by atoms with Gasteiger partial charge in [0.05, 0.1) is 17.6 Å². The largest absolute Gasteiger partial charge is 0.397 e. The molecule has 16 heavy (non-hydrogen) atoms. The molecule has 0 aromatic carbocycles. The zero-order valence-corrected chi connectivity index (χ0v) is 10.2. The predicted molar refractivity (Wildman–Crippen MR) is 70.5 cm³/mol. The predicted octanol–water partition coefficient (Wildman–Crippen LogP) is 3.44. The molecule has 0 saturated heterocycles. The lowest BCUT2D eigenvalue weighted by Gasteiger charge is -2.06. The summed E-state index contributed by atoms with van der Waals surface area (Å²) in [4.78, 5) is 4.04. The Kier molecular flexibility index (Phi) is 6.38. The molecule has 0 radical (unpaired) electrons. The van der Waals surface area contributed by atoms with Crippen LogP contribution in [0.5, 0.6) is 0 Å². The highest BCUT2D eigenvalue weighted by atomic mass is 14.9. The van der Waals surface area contributed by atoms with Crippen LogP contribution in [-0.4, -0.2) is 11.5 Å². The molecule has 0 aliphatic carbocycles. The minimum absolute atomic E-state index is 0.716. The Hall–Kier alpha value is -1.25. The van der Waals surface area contributed by atoms with E-state index in [-0.39, 0.29) is 0 Å². The number of nitrogens with one attached hydrogen (secondary N) is 1. The number of nitrogens with two attached hydrogens (primary N) is 1. The molecular weight excluding hydrogens is 198 g/mol. The third-order valence-electron chi connectivity index (χ3n) is 2.62. The standard InChI is InChI=1S/C13H23N3/c1-2-3-4-5-6-7-8-16-13-9-12(14)10-15-11-13/h9-11,16H,2-8,14H2,1H3. The zero-order valence-electron chi connectivity index (χ0n) is 10.2. The maximum Gasteiger partial charge on any atom is 0.0547 e. The maximum absolute atomic E-state index is 5.64. The van der Waals surface area contributed by atoms with Crippen LogP contribution in [0.2, 0.25) is 0 Å². The molecule has 3 heteroatoms. The molecule has 0 fully saturated rings. The van der Waals surface area contributed by atoms with Crippen LogP contribution in [-0.2, 0) is 0 Å². The van der Waals surface area contributed by atoms with Crippen molar-refractivity contribution in [1.29, 1.82) is 0 Å². The second-order valence-electron chi connectivity index (χ2n) is 4.20. The second-order valence-corrected chi connectivity index (χ2v) is 4.20. The third-order valence-corrected chi connectivity index (χ3v) is 2.62. The fraction of sp³-hybridized carbons (Fsp3) is 0.615. The van der Waals surface area contributed by atoms with E-state index < -0.39 is 0 Å². The van der Waals surface area contributed by atoms with Crippen LogP contribution < -0.4 is 11.1 Å². The molecule has 0 spiro atoms. The van der Waals surface area contributed by atoms with Crippen molar-refractivity contribution in [2.24, 2.45) is 0 Å². The van der Waals surface area contributed by atoms with E-state index in [1.54, 1.807) is 6.20 Å². The number of hydrogen-bond acceptors (Lipinski definition) is 3. The van der Waals surface area contributed by atoms with Gasteiger partial charge in [-0.2, -0.15) is 0 Å². The van der Waals surface area contributed by atoms with E-state index in [0.29, 0.717) is 5.69 Å². The molecular formula is C13H23N3. The number of hydrogen-bond donors (Lipinski definition) is 2. The molecule has 0 saturated carbocycles. The number of aromatic nitrogens is 1. The van der Waals surface area contributed by atoms with Gasteiger partial charge in [-0.25, -0.2) is 0 Å². The maximum atomic E-state index is 5.64. The summed E-state index contributed by atoms with van der Waals surface area (Å²) in [5, 5.41) is 3.33. The highest BCUT2D eigenvalue weighted by Crippen LogP contribution is 2.10. The molecule has 0 amide bonds. The Balaban J connectivity index is 2.03. The minimum atomic E-state index is 0.716. The molecule has 0 atom stereocenters. The van der Waals surface area contributed by atoms with Crippen molar-refractivity contribution in [2.45, 2.75) is 45.4 Å². The van der Waals surface area contributed by atoms with Crippen LogP contribution in [0.1, 0.15) is 45.4 Å². The van der Waals surface area contributed by atoms with Crippen LogP contribution in [0.25, 0.3) is 0 Å². The molecule has 3 nitrogen and oxygen atoms in total. The van der Waals surface area contributed by atoms with Crippen molar-refractivity contribution in [2.75, 3.05) is 17.6 Å². The Labute approximate surface area is 98.5 Å². The van der Waals surface area contributed by atoms with Gasteiger partial charge in [0.15, 0.2) is 0 Å². The number of pyridine rings is 1. The highest BCUT2D eigenvalue weighted by Gasteiger charge is 1.93. The number of nitrogen functional groups attached to an aromatic ring is 1. The smallest absolute Gasteiger partial charge is 0.0547 e. The molecule has 0 bridgehead atoms. The summed E-state index contributed by atoms with van der Waals surface area (Å²) in [5.41, 5.74) is 7.38. The van der Waals surface area contributed by atoms with Gasteiger partial charge in [0.1, 0.15) is 0 Å². The first-order valence-corrected chi connectivity index (χ1v) is 6.27. The summed E-state index contributed by atoms with van der Waals surface area (Å²) in [6.07, 6.45) is 11.4. The van der Waals surface area contributed by atoms with Crippen LogP contribution in [0.4, 0.5) is 11.4 Å². The second kappa shape index (κ2) is 7.97. The SMILES string of the molecule is CCCCCCCCNc1cncc(N)c1. The number of anilines is 2. The third kappa shape index (κ3) is 5.59. The van der Waals surface area contributed by atoms with Crippen molar-refractivity contribution in [3.8, 4) is 0 Å². The number of nitrogens with zero attached hydrogens (tertiary/aromatic N) is 1. The van der Waals surface area contributed by atoms with Crippen molar-refractivity contribution in [3.05, 3.63) is 18.5 Å². The lowest BCUT2D eigenvalue weighted by molar-refractivity contribution is 0.617. The Morgan fingerprint density at radius 1 is 1.12 bits per heavy atom. The fourth-order valence-electron chi connectivity index (χ4n) is 1.69. The number of unbranched alkanes of at least 4 members (excludes halogenated alkanes) is 5. The Bertz CT molecular complexity index is 286. The molecule has 3 N–H and O–H groups in total. The summed E-state index contributed by atoms with van der Waals surface area (Å²) in [6, 6.07) is 1.92. The molecule has 1 aromatic rings. The first-order chi connectivity index (χ1) is 7.83. The molecule has 0 aliphatic rings. The van der Waals surface area contributed by atoms with Gasteiger partial charge in [-0.3, -0.25) is 4.98 Å². The van der Waals surface area contributed by atoms with E-state index in [4.69, 9.17) is 5.73 Å². The normalized spacial score (nSPS) is 10.3. The summed E-state index contributed by atoms with van der Waals surface area (Å²) in [6.45, 7) is 3.26. The van der Waals surface area contributed by atoms with E-state index >= 15 is 0 Å². The fourth-order valence-corrected chi connectivity index (χ4v) is 1.69. The lowest BCUT2D eigenvalue weighted by Crippen LogP contribution is -2.02. The van der Waals surface area contributed by atoms with Gasteiger partial charge in [0, 0.05) is 12.7 Å². The molecule has 1 heterocycles. The highest BCUT2D eigenvalue weighted by molar-refractivity contribution is 5.51. The monoisotopic (exact) mass is 221 g/mol. The van der Waals surface area contributed by atoms with Crippen molar-refractivity contribution in [1.82, 2.24) is 4.98 Å². The summed E-state index contributed by atoms with van der Waals surface area (Å²) in [5.74, 6) is 0. The molecule has 90 valence electrons. The van der Waals surface area contributed by atoms with Crippen molar-refractivity contribution >= 4 is 11.4 Å². The van der Waals surface area contributed by atoms with Crippen molar-refractivity contribution in [3.63, 3.8) is 0 Å². The Morgan fingerprint density at radius 3 is 2.62 bits per heavy atom. The molecule has 1 aromatic heterocycles. The van der Waals surface area contributed by atoms with E-state index in [1.807, 2.05) is 12.3 Å². The van der Waals surface area contributed by atoms with E-state index in [9.17, 15) is 0 Å². The van der Waals surface area contributed by atoms with E-state index in [0.717, 1.165) is 12.2 Å². The molecule has 0 unspecified atom stereocenters. The van der Waals surface area contributed by atoms with Gasteiger partial charge in [0.2, 0.25) is 0 Å². The van der Waals surface area contributed by atoms with Crippen molar-refractivity contribution < 1.29 is 0 Å². The number of rotatable bonds is 8. The average molecular weight is 221 g/mol. The van der Waals surface area contributed by atoms with Gasteiger partial charge >= 0.3 is 0 Å². The van der Waals surface area contributed by atoms with Gasteiger partial charge in [0.25, 0.3) is 0 Å². The summed E-state index contributed by atoms with van der Waals surface area (Å²) in [7, 11) is 0. The van der Waals surface area contributed by atoms with Gasteiger partial charge in [-0.05, 0) is 12.5 Å². The van der Waals surface area contributed by atoms with Crippen LogP contribution in [0, 0.1) is 0 Å². The van der Waals surface area contributed by atoms with Gasteiger partial charge in [-0.1, -0.05) is 39.0 Å². The minimum Gasteiger partial charge on any atom is -0.397 e. The van der Waals surface area contributed by atoms with E-state index in [1.165, 1.54) is 38.5 Å². The summed E-state index contributed by atoms with van der Waals surface area (Å²) >= 11 is 0. The lowest BCUT2D eigenvalue weighted by atomic mass is 10.1. The van der Waals surface area contributed by atoms with Crippen LogP contribution >= 0.6 is 0 Å². The first-order valence-electron chi connectivity index (χ1n) is 6.27. The van der Waals surface area contributed by atoms with Crippen LogP contribution in [0.3, 0.4) is 0 Å². The molecule has 0 aliphatic heterocycles. The molecule has 1 rings (SSSR count). The van der Waals surface area contributed by atoms with Gasteiger partial charge in [-0.15, -0.1) is 0 Å².